The molecular formula is C17H25ClFN. The van der Waals surface area contributed by atoms with Crippen LogP contribution in [0.1, 0.15) is 45.1 Å². The maximum absolute atomic E-state index is 14.0. The molecular weight excluding hydrogens is 273 g/mol. The molecule has 1 aliphatic rings. The fourth-order valence-corrected chi connectivity index (χ4v) is 3.70. The minimum Gasteiger partial charge on any atom is -0.314 e. The van der Waals surface area contributed by atoms with Crippen LogP contribution in [0.5, 0.6) is 0 Å². The fraction of sp³-hybridized carbons (Fsp3) is 0.647. The Bertz CT molecular complexity index is 415. The van der Waals surface area contributed by atoms with E-state index in [-0.39, 0.29) is 5.82 Å². The van der Waals surface area contributed by atoms with Gasteiger partial charge in [-0.25, -0.2) is 4.39 Å². The summed E-state index contributed by atoms with van der Waals surface area (Å²) in [7, 11) is 0. The zero-order valence-corrected chi connectivity index (χ0v) is 13.2. The Hall–Kier alpha value is -0.600. The topological polar surface area (TPSA) is 12.0 Å². The quantitative estimate of drug-likeness (QED) is 0.821. The van der Waals surface area contributed by atoms with Gasteiger partial charge < -0.3 is 5.32 Å². The van der Waals surface area contributed by atoms with Crippen molar-refractivity contribution >= 4 is 11.6 Å². The molecule has 1 fully saturated rings. The van der Waals surface area contributed by atoms with Crippen molar-refractivity contribution in [3.05, 3.63) is 34.6 Å². The van der Waals surface area contributed by atoms with E-state index in [0.29, 0.717) is 29.0 Å². The third-order valence-corrected chi connectivity index (χ3v) is 4.85. The molecule has 1 N–H and O–H groups in total. The van der Waals surface area contributed by atoms with Gasteiger partial charge in [-0.3, -0.25) is 0 Å². The summed E-state index contributed by atoms with van der Waals surface area (Å²) < 4.78 is 14.0. The van der Waals surface area contributed by atoms with Crippen LogP contribution in [0.4, 0.5) is 4.39 Å². The van der Waals surface area contributed by atoms with Crippen LogP contribution in [-0.2, 0) is 6.42 Å². The third-order valence-electron chi connectivity index (χ3n) is 4.50. The van der Waals surface area contributed by atoms with Crippen molar-refractivity contribution in [2.75, 3.05) is 6.54 Å². The van der Waals surface area contributed by atoms with Crippen molar-refractivity contribution in [3.8, 4) is 0 Å². The Morgan fingerprint density at radius 1 is 1.40 bits per heavy atom. The van der Waals surface area contributed by atoms with Crippen LogP contribution in [0.2, 0.25) is 5.02 Å². The van der Waals surface area contributed by atoms with Gasteiger partial charge in [0.1, 0.15) is 5.82 Å². The van der Waals surface area contributed by atoms with E-state index in [2.05, 4.69) is 19.2 Å². The zero-order chi connectivity index (χ0) is 14.5. The van der Waals surface area contributed by atoms with E-state index in [1.165, 1.54) is 31.7 Å². The lowest BCUT2D eigenvalue weighted by Crippen LogP contribution is -2.40. The fourth-order valence-electron chi connectivity index (χ4n) is 3.46. The van der Waals surface area contributed by atoms with Gasteiger partial charge in [-0.15, -0.1) is 0 Å². The van der Waals surface area contributed by atoms with E-state index < -0.39 is 0 Å². The minimum atomic E-state index is -0.177. The van der Waals surface area contributed by atoms with Crippen molar-refractivity contribution in [1.82, 2.24) is 5.32 Å². The van der Waals surface area contributed by atoms with Crippen molar-refractivity contribution in [1.29, 1.82) is 0 Å². The predicted molar refractivity (Wildman–Crippen MR) is 83.7 cm³/mol. The molecule has 3 unspecified atom stereocenters. The molecule has 0 aromatic heterocycles. The van der Waals surface area contributed by atoms with E-state index in [1.54, 1.807) is 12.1 Å². The van der Waals surface area contributed by atoms with E-state index >= 15 is 0 Å². The highest BCUT2D eigenvalue weighted by Crippen LogP contribution is 2.33. The lowest BCUT2D eigenvalue weighted by atomic mass is 9.77. The summed E-state index contributed by atoms with van der Waals surface area (Å²) in [5.74, 6) is 1.24. The molecule has 1 nitrogen and oxygen atoms in total. The van der Waals surface area contributed by atoms with Crippen LogP contribution < -0.4 is 5.32 Å². The standard InChI is InChI=1S/C17H25ClFN/c1-3-20-17(13-7-4-6-12(2)10-13)11-14-15(18)8-5-9-16(14)19/h5,8-9,12-13,17,20H,3-4,6-7,10-11H2,1-2H3. The lowest BCUT2D eigenvalue weighted by Gasteiger charge is -2.34. The number of likely N-dealkylation sites (N-methyl/N-ethyl adjacent to an activating group) is 1. The van der Waals surface area contributed by atoms with Crippen molar-refractivity contribution in [3.63, 3.8) is 0 Å². The summed E-state index contributed by atoms with van der Waals surface area (Å²) in [6, 6.07) is 5.30. The molecule has 1 aliphatic carbocycles. The number of rotatable bonds is 5. The first-order valence-corrected chi connectivity index (χ1v) is 8.15. The number of hydrogen-bond acceptors (Lipinski definition) is 1. The van der Waals surface area contributed by atoms with Gasteiger partial charge >= 0.3 is 0 Å². The van der Waals surface area contributed by atoms with E-state index in [1.807, 2.05) is 0 Å². The summed E-state index contributed by atoms with van der Waals surface area (Å²) in [4.78, 5) is 0. The lowest BCUT2D eigenvalue weighted by molar-refractivity contribution is 0.222. The molecule has 0 aliphatic heterocycles. The summed E-state index contributed by atoms with van der Waals surface area (Å²) in [5.41, 5.74) is 0.665. The maximum atomic E-state index is 14.0. The van der Waals surface area contributed by atoms with Crippen molar-refractivity contribution in [2.24, 2.45) is 11.8 Å². The normalized spacial score (nSPS) is 24.6. The van der Waals surface area contributed by atoms with E-state index in [9.17, 15) is 4.39 Å². The maximum Gasteiger partial charge on any atom is 0.127 e. The highest BCUT2D eigenvalue weighted by molar-refractivity contribution is 6.31. The second kappa shape index (κ2) is 7.42. The Morgan fingerprint density at radius 2 is 2.20 bits per heavy atom. The largest absolute Gasteiger partial charge is 0.314 e. The molecule has 112 valence electrons. The van der Waals surface area contributed by atoms with Crippen LogP contribution in [0.15, 0.2) is 18.2 Å². The summed E-state index contributed by atoms with van der Waals surface area (Å²) >= 11 is 6.17. The number of benzene rings is 1. The SMILES string of the molecule is CCNC(Cc1c(F)cccc1Cl)C1CCCC(C)C1. The van der Waals surface area contributed by atoms with Crippen LogP contribution in [0.3, 0.4) is 0 Å². The predicted octanol–water partition coefficient (Wildman–Crippen LogP) is 4.83. The van der Waals surface area contributed by atoms with Gasteiger partial charge in [0.2, 0.25) is 0 Å². The highest BCUT2D eigenvalue weighted by Gasteiger charge is 2.27. The highest BCUT2D eigenvalue weighted by atomic mass is 35.5. The Kier molecular flexibility index (Phi) is 5.86. The molecule has 1 saturated carbocycles. The molecule has 0 bridgehead atoms. The Labute approximate surface area is 126 Å². The van der Waals surface area contributed by atoms with Gasteiger partial charge in [-0.05, 0) is 49.8 Å². The molecule has 2 rings (SSSR count). The van der Waals surface area contributed by atoms with Crippen LogP contribution >= 0.6 is 11.6 Å². The molecule has 3 atom stereocenters. The second-order valence-corrected chi connectivity index (χ2v) is 6.51. The monoisotopic (exact) mass is 297 g/mol. The minimum absolute atomic E-state index is 0.177. The van der Waals surface area contributed by atoms with Gasteiger partial charge in [0.15, 0.2) is 0 Å². The third kappa shape index (κ3) is 3.95. The van der Waals surface area contributed by atoms with Crippen LogP contribution in [0, 0.1) is 17.7 Å². The molecule has 20 heavy (non-hydrogen) atoms. The average molecular weight is 298 g/mol. The molecule has 1 aromatic carbocycles. The number of hydrogen-bond donors (Lipinski definition) is 1. The van der Waals surface area contributed by atoms with Crippen molar-refractivity contribution < 1.29 is 4.39 Å². The van der Waals surface area contributed by atoms with Crippen LogP contribution in [0.25, 0.3) is 0 Å². The molecule has 0 amide bonds. The molecule has 0 radical (unpaired) electrons. The average Bonchev–Trinajstić information content (AvgIpc) is 2.42. The first-order valence-electron chi connectivity index (χ1n) is 7.78. The molecule has 0 heterocycles. The van der Waals surface area contributed by atoms with Gasteiger partial charge in [-0.2, -0.15) is 0 Å². The number of nitrogens with one attached hydrogen (secondary N) is 1. The van der Waals surface area contributed by atoms with Crippen LogP contribution in [-0.4, -0.2) is 12.6 Å². The smallest absolute Gasteiger partial charge is 0.127 e. The first kappa shape index (κ1) is 15.8. The first-order chi connectivity index (χ1) is 9.61. The molecule has 0 spiro atoms. The number of halogens is 2. The van der Waals surface area contributed by atoms with E-state index in [4.69, 9.17) is 11.6 Å². The zero-order valence-electron chi connectivity index (χ0n) is 12.5. The summed E-state index contributed by atoms with van der Waals surface area (Å²) in [5, 5.41) is 4.10. The van der Waals surface area contributed by atoms with E-state index in [0.717, 1.165) is 12.5 Å². The summed E-state index contributed by atoms with van der Waals surface area (Å²) in [6.45, 7) is 5.36. The molecule has 3 heteroatoms. The van der Waals surface area contributed by atoms with Crippen molar-refractivity contribution in [2.45, 2.75) is 52.0 Å². The second-order valence-electron chi connectivity index (χ2n) is 6.10. The van der Waals surface area contributed by atoms with Gasteiger partial charge in [0.25, 0.3) is 0 Å². The van der Waals surface area contributed by atoms with Gasteiger partial charge in [-0.1, -0.05) is 44.4 Å². The van der Waals surface area contributed by atoms with Gasteiger partial charge in [0.05, 0.1) is 0 Å². The molecule has 1 aromatic rings. The molecule has 0 saturated heterocycles. The van der Waals surface area contributed by atoms with Gasteiger partial charge in [0, 0.05) is 16.6 Å². The summed E-state index contributed by atoms with van der Waals surface area (Å²) in [6.07, 6.45) is 5.79. The Morgan fingerprint density at radius 3 is 2.85 bits per heavy atom. The Balaban J connectivity index is 2.12.